The van der Waals surface area contributed by atoms with Crippen molar-refractivity contribution in [3.8, 4) is 11.1 Å². The lowest BCUT2D eigenvalue weighted by molar-refractivity contribution is -0.121. The molecule has 0 saturated carbocycles. The maximum absolute atomic E-state index is 12.6. The maximum atomic E-state index is 12.6. The molecule has 0 spiro atoms. The second kappa shape index (κ2) is 9.74. The van der Waals surface area contributed by atoms with Crippen LogP contribution in [0, 0.1) is 0 Å². The van der Waals surface area contributed by atoms with Crippen LogP contribution >= 0.6 is 0 Å². The van der Waals surface area contributed by atoms with E-state index in [0.29, 0.717) is 11.4 Å². The van der Waals surface area contributed by atoms with Gasteiger partial charge in [0.25, 0.3) is 5.91 Å². The first-order chi connectivity index (χ1) is 16.5. The quantitative estimate of drug-likeness (QED) is 0.546. The van der Waals surface area contributed by atoms with Gasteiger partial charge in [0.05, 0.1) is 12.6 Å². The lowest BCUT2D eigenvalue weighted by Gasteiger charge is -2.17. The van der Waals surface area contributed by atoms with Crippen molar-refractivity contribution in [2.24, 2.45) is 0 Å². The molecular weight excluding hydrogens is 450 g/mol. The van der Waals surface area contributed by atoms with E-state index < -0.39 is 16.9 Å². The molecule has 2 amide bonds. The fourth-order valence-corrected chi connectivity index (χ4v) is 5.13. The summed E-state index contributed by atoms with van der Waals surface area (Å²) in [5, 5.41) is 7.69. The molecule has 2 N–H and O–H groups in total. The summed E-state index contributed by atoms with van der Waals surface area (Å²) in [5.41, 5.74) is 3.98. The Morgan fingerprint density at radius 1 is 1.09 bits per heavy atom. The molecule has 2 aliphatic rings. The third-order valence-corrected chi connectivity index (χ3v) is 7.06. The van der Waals surface area contributed by atoms with Gasteiger partial charge in [-0.1, -0.05) is 54.6 Å². The van der Waals surface area contributed by atoms with Crippen LogP contribution in [0.5, 0.6) is 0 Å². The van der Waals surface area contributed by atoms with Crippen molar-refractivity contribution in [2.75, 3.05) is 13.1 Å². The van der Waals surface area contributed by atoms with Gasteiger partial charge < -0.3 is 5.32 Å². The molecule has 9 heteroatoms. The van der Waals surface area contributed by atoms with Crippen molar-refractivity contribution in [3.05, 3.63) is 84.2 Å². The van der Waals surface area contributed by atoms with Crippen LogP contribution in [0.4, 0.5) is 0 Å². The summed E-state index contributed by atoms with van der Waals surface area (Å²) in [6.07, 6.45) is 5.95. The molecule has 1 aromatic heterocycles. The number of nitrogens with one attached hydrogen (secondary N) is 2. The molecule has 8 nitrogen and oxygen atoms in total. The summed E-state index contributed by atoms with van der Waals surface area (Å²) in [4.78, 5) is 26.3. The Kier molecular flexibility index (Phi) is 6.37. The number of rotatable bonds is 7. The predicted molar refractivity (Wildman–Crippen MR) is 130 cm³/mol. The first kappa shape index (κ1) is 22.2. The van der Waals surface area contributed by atoms with Gasteiger partial charge in [-0.05, 0) is 23.1 Å². The molecule has 34 heavy (non-hydrogen) atoms. The number of benzene rings is 2. The zero-order valence-electron chi connectivity index (χ0n) is 18.5. The summed E-state index contributed by atoms with van der Waals surface area (Å²) in [7, 11) is -1.60. The van der Waals surface area contributed by atoms with E-state index in [9.17, 15) is 13.8 Å². The van der Waals surface area contributed by atoms with E-state index in [1.54, 1.807) is 12.4 Å². The van der Waals surface area contributed by atoms with E-state index in [-0.39, 0.29) is 11.9 Å². The number of carbonyl (C=O) groups is 2. The Bertz CT molecular complexity index is 1250. The number of aromatic nitrogens is 2. The van der Waals surface area contributed by atoms with Gasteiger partial charge in [0, 0.05) is 43.5 Å². The fraction of sp³-hybridized carbons (Fsp3) is 0.240. The minimum absolute atomic E-state index is 0.0277. The Balaban J connectivity index is 1.14. The highest BCUT2D eigenvalue weighted by molar-refractivity contribution is 7.93. The highest BCUT2D eigenvalue weighted by Gasteiger charge is 2.24. The van der Waals surface area contributed by atoms with Crippen molar-refractivity contribution in [3.63, 3.8) is 0 Å². The van der Waals surface area contributed by atoms with Crippen LogP contribution in [0.25, 0.3) is 16.2 Å². The number of hydrogen-bond acceptors (Lipinski definition) is 5. The second-order valence-electron chi connectivity index (χ2n) is 8.54. The van der Waals surface area contributed by atoms with Crippen LogP contribution in [0.1, 0.15) is 17.5 Å². The van der Waals surface area contributed by atoms with Gasteiger partial charge in [0.1, 0.15) is 0 Å². The topological polar surface area (TPSA) is 96.3 Å². The summed E-state index contributed by atoms with van der Waals surface area (Å²) >= 11 is 0. The first-order valence-corrected chi connectivity index (χ1v) is 12.3. The SMILES string of the molecule is O=C1C=C(n2cc(-c3ccc(CC(=O)NC4CCN(Cc5ccccc5)C4)cc3)cn2)S(=O)N1. The Morgan fingerprint density at radius 2 is 1.88 bits per heavy atom. The van der Waals surface area contributed by atoms with Crippen LogP contribution in [0.3, 0.4) is 0 Å². The molecular formula is C25H25N5O3S. The maximum Gasteiger partial charge on any atom is 0.258 e. The summed E-state index contributed by atoms with van der Waals surface area (Å²) < 4.78 is 15.7. The van der Waals surface area contributed by atoms with Gasteiger partial charge in [0.2, 0.25) is 5.91 Å². The Labute approximate surface area is 200 Å². The van der Waals surface area contributed by atoms with E-state index >= 15 is 0 Å². The average Bonchev–Trinajstić information content (AvgIpc) is 3.55. The van der Waals surface area contributed by atoms with Gasteiger partial charge in [0.15, 0.2) is 16.0 Å². The van der Waals surface area contributed by atoms with Crippen molar-refractivity contribution in [1.29, 1.82) is 0 Å². The van der Waals surface area contributed by atoms with Crippen molar-refractivity contribution in [2.45, 2.75) is 25.4 Å². The largest absolute Gasteiger partial charge is 0.352 e. The molecule has 2 unspecified atom stereocenters. The number of nitrogens with zero attached hydrogens (tertiary/aromatic N) is 3. The standard InChI is InChI=1S/C25H25N5O3S/c31-23(27-22-10-11-29(17-22)15-19-4-2-1-3-5-19)12-18-6-8-20(9-7-18)21-14-26-30(16-21)25-13-24(32)28-34(25)33/h1-9,13-14,16,22H,10-12,15,17H2,(H,27,31)(H,28,32). The third kappa shape index (κ3) is 5.16. The molecule has 174 valence electrons. The lowest BCUT2D eigenvalue weighted by atomic mass is 10.1. The lowest BCUT2D eigenvalue weighted by Crippen LogP contribution is -2.37. The monoisotopic (exact) mass is 475 g/mol. The first-order valence-electron chi connectivity index (χ1n) is 11.2. The van der Waals surface area contributed by atoms with E-state index in [1.165, 1.54) is 16.3 Å². The number of hydrogen-bond donors (Lipinski definition) is 2. The molecule has 5 rings (SSSR count). The summed E-state index contributed by atoms with van der Waals surface area (Å²) in [6.45, 7) is 2.76. The highest BCUT2D eigenvalue weighted by Crippen LogP contribution is 2.22. The highest BCUT2D eigenvalue weighted by atomic mass is 32.2. The van der Waals surface area contributed by atoms with Crippen molar-refractivity contribution < 1.29 is 13.8 Å². The molecule has 2 aromatic carbocycles. The molecule has 0 bridgehead atoms. The fourth-order valence-electron chi connectivity index (χ4n) is 4.30. The number of amides is 2. The Hall–Kier alpha value is -3.56. The molecule has 3 aromatic rings. The molecule has 1 saturated heterocycles. The van der Waals surface area contributed by atoms with Gasteiger partial charge >= 0.3 is 0 Å². The van der Waals surface area contributed by atoms with E-state index in [1.807, 2.05) is 30.3 Å². The summed E-state index contributed by atoms with van der Waals surface area (Å²) in [6, 6.07) is 18.3. The Morgan fingerprint density at radius 3 is 2.62 bits per heavy atom. The second-order valence-corrected chi connectivity index (χ2v) is 9.70. The van der Waals surface area contributed by atoms with E-state index in [4.69, 9.17) is 0 Å². The van der Waals surface area contributed by atoms with E-state index in [2.05, 4.69) is 44.3 Å². The summed E-state index contributed by atoms with van der Waals surface area (Å²) in [5.74, 6) is -0.366. The van der Waals surface area contributed by atoms with Gasteiger partial charge in [-0.25, -0.2) is 8.89 Å². The van der Waals surface area contributed by atoms with Crippen LogP contribution in [0.2, 0.25) is 0 Å². The molecule has 3 heterocycles. The predicted octanol–water partition coefficient (Wildman–Crippen LogP) is 2.08. The normalized spacial score (nSPS) is 20.2. The molecule has 2 atom stereocenters. The van der Waals surface area contributed by atoms with Gasteiger partial charge in [-0.15, -0.1) is 0 Å². The van der Waals surface area contributed by atoms with Gasteiger partial charge in [-0.2, -0.15) is 5.10 Å². The molecule has 1 fully saturated rings. The minimum atomic E-state index is -1.60. The van der Waals surface area contributed by atoms with Crippen molar-refractivity contribution >= 4 is 27.8 Å². The van der Waals surface area contributed by atoms with Crippen LogP contribution in [-0.2, 0) is 33.5 Å². The van der Waals surface area contributed by atoms with Crippen LogP contribution in [-0.4, -0.2) is 49.8 Å². The van der Waals surface area contributed by atoms with Crippen LogP contribution in [0.15, 0.2) is 73.1 Å². The van der Waals surface area contributed by atoms with Crippen molar-refractivity contribution in [1.82, 2.24) is 24.7 Å². The van der Waals surface area contributed by atoms with Crippen LogP contribution < -0.4 is 10.0 Å². The number of carbonyl (C=O) groups excluding carboxylic acids is 2. The zero-order chi connectivity index (χ0) is 23.5. The zero-order valence-corrected chi connectivity index (χ0v) is 19.3. The minimum Gasteiger partial charge on any atom is -0.352 e. The molecule has 2 aliphatic heterocycles. The number of likely N-dealkylation sites (tertiary alicyclic amines) is 1. The average molecular weight is 476 g/mol. The van der Waals surface area contributed by atoms with Gasteiger partial charge in [-0.3, -0.25) is 19.2 Å². The molecule has 0 radical (unpaired) electrons. The third-order valence-electron chi connectivity index (χ3n) is 5.98. The van der Waals surface area contributed by atoms with E-state index in [0.717, 1.165) is 42.7 Å². The molecule has 0 aliphatic carbocycles. The smallest absolute Gasteiger partial charge is 0.258 e.